The molecule has 1 heterocycles. The second-order valence-electron chi connectivity index (χ2n) is 3.79. The summed E-state index contributed by atoms with van der Waals surface area (Å²) in [5.41, 5.74) is 1.76. The summed E-state index contributed by atoms with van der Waals surface area (Å²) < 4.78 is 0. The molecule has 0 fully saturated rings. The molecule has 0 atom stereocenters. The third kappa shape index (κ3) is 3.97. The maximum Gasteiger partial charge on any atom is 0.339 e. The molecule has 0 saturated carbocycles. The van der Waals surface area contributed by atoms with E-state index in [1.165, 1.54) is 0 Å². The largest absolute Gasteiger partial charge is 0.478 e. The molecule has 0 aliphatic heterocycles. The fourth-order valence-corrected chi connectivity index (χ4v) is 2.12. The summed E-state index contributed by atoms with van der Waals surface area (Å²) in [6.07, 6.45) is 5.14. The number of nitrogens with zero attached hydrogens (tertiary/aromatic N) is 1. The highest BCUT2D eigenvalue weighted by molar-refractivity contribution is 7.99. The van der Waals surface area contributed by atoms with Gasteiger partial charge in [-0.1, -0.05) is 5.92 Å². The molecule has 18 heavy (non-hydrogen) atoms. The van der Waals surface area contributed by atoms with Gasteiger partial charge < -0.3 is 10.4 Å². The number of carboxylic acids is 1. The molecule has 0 aliphatic rings. The highest BCUT2D eigenvalue weighted by Gasteiger charge is 2.15. The first-order valence-electron chi connectivity index (χ1n) is 5.53. The zero-order valence-corrected chi connectivity index (χ0v) is 11.3. The summed E-state index contributed by atoms with van der Waals surface area (Å²) in [5.74, 6) is 3.49. The van der Waals surface area contributed by atoms with Crippen LogP contribution in [0.5, 0.6) is 0 Å². The van der Waals surface area contributed by atoms with Crippen LogP contribution in [0.2, 0.25) is 0 Å². The van der Waals surface area contributed by atoms with E-state index in [0.717, 1.165) is 11.4 Å². The third-order valence-electron chi connectivity index (χ3n) is 2.28. The van der Waals surface area contributed by atoms with E-state index in [-0.39, 0.29) is 5.56 Å². The van der Waals surface area contributed by atoms with E-state index in [2.05, 4.69) is 16.2 Å². The van der Waals surface area contributed by atoms with Crippen molar-refractivity contribution in [1.82, 2.24) is 4.98 Å². The fraction of sp³-hybridized carbons (Fsp3) is 0.385. The molecule has 0 saturated heterocycles. The van der Waals surface area contributed by atoms with Crippen molar-refractivity contribution < 1.29 is 9.90 Å². The molecule has 4 nitrogen and oxygen atoms in total. The van der Waals surface area contributed by atoms with Gasteiger partial charge in [0.2, 0.25) is 0 Å². The maximum atomic E-state index is 11.2. The standard InChI is InChI=1S/C13H16N2O2S/c1-4-6-18-7-5-14-12-11(13(16)17)9(2)8-10(3)15-12/h1,8H,5-7H2,2-3H3,(H,14,15)(H,16,17). The van der Waals surface area contributed by atoms with E-state index in [0.29, 0.717) is 23.7 Å². The highest BCUT2D eigenvalue weighted by atomic mass is 32.2. The van der Waals surface area contributed by atoms with E-state index in [1.807, 2.05) is 6.92 Å². The van der Waals surface area contributed by atoms with Gasteiger partial charge >= 0.3 is 5.97 Å². The number of rotatable bonds is 6. The molecule has 0 spiro atoms. The summed E-state index contributed by atoms with van der Waals surface area (Å²) in [5, 5.41) is 12.2. The Bertz CT molecular complexity index is 481. The molecule has 0 bridgehead atoms. The average molecular weight is 264 g/mol. The molecule has 2 N–H and O–H groups in total. The van der Waals surface area contributed by atoms with Crippen LogP contribution in [-0.2, 0) is 0 Å². The van der Waals surface area contributed by atoms with Crippen LogP contribution in [0, 0.1) is 26.2 Å². The molecule has 0 radical (unpaired) electrons. The van der Waals surface area contributed by atoms with Gasteiger partial charge in [0.1, 0.15) is 11.4 Å². The Morgan fingerprint density at radius 2 is 2.33 bits per heavy atom. The van der Waals surface area contributed by atoms with Crippen LogP contribution in [0.1, 0.15) is 21.6 Å². The van der Waals surface area contributed by atoms with Crippen LogP contribution in [0.15, 0.2) is 6.07 Å². The Kier molecular flexibility index (Phi) is 5.53. The minimum atomic E-state index is -0.959. The normalized spacial score (nSPS) is 9.83. The molecule has 1 aromatic rings. The summed E-state index contributed by atoms with van der Waals surface area (Å²) >= 11 is 1.62. The number of carbonyl (C=O) groups is 1. The van der Waals surface area contributed by atoms with Crippen molar-refractivity contribution in [3.8, 4) is 12.3 Å². The summed E-state index contributed by atoms with van der Waals surface area (Å²) in [6, 6.07) is 1.77. The molecule has 1 rings (SSSR count). The van der Waals surface area contributed by atoms with E-state index < -0.39 is 5.97 Å². The molecule has 0 aliphatic carbocycles. The first-order valence-corrected chi connectivity index (χ1v) is 6.68. The van der Waals surface area contributed by atoms with Crippen LogP contribution < -0.4 is 5.32 Å². The van der Waals surface area contributed by atoms with Crippen LogP contribution in [0.3, 0.4) is 0 Å². The number of carboxylic acid groups (broad SMARTS) is 1. The van der Waals surface area contributed by atoms with Gasteiger partial charge in [0.25, 0.3) is 0 Å². The first-order chi connectivity index (χ1) is 8.56. The molecule has 0 aromatic carbocycles. The van der Waals surface area contributed by atoms with Gasteiger partial charge in [0.15, 0.2) is 0 Å². The van der Waals surface area contributed by atoms with Crippen molar-refractivity contribution >= 4 is 23.5 Å². The molecule has 5 heteroatoms. The molecule has 0 amide bonds. The minimum Gasteiger partial charge on any atom is -0.478 e. The van der Waals surface area contributed by atoms with E-state index in [9.17, 15) is 4.79 Å². The van der Waals surface area contributed by atoms with Gasteiger partial charge in [0, 0.05) is 18.0 Å². The Hall–Kier alpha value is -1.67. The van der Waals surface area contributed by atoms with Crippen molar-refractivity contribution in [2.24, 2.45) is 0 Å². The van der Waals surface area contributed by atoms with Gasteiger partial charge in [-0.2, -0.15) is 0 Å². The maximum absolute atomic E-state index is 11.2. The topological polar surface area (TPSA) is 62.2 Å². The number of thioether (sulfide) groups is 1. The summed E-state index contributed by atoms with van der Waals surface area (Å²) in [6.45, 7) is 4.26. The van der Waals surface area contributed by atoms with Crippen LogP contribution >= 0.6 is 11.8 Å². The van der Waals surface area contributed by atoms with Gasteiger partial charge in [-0.05, 0) is 25.5 Å². The second-order valence-corrected chi connectivity index (χ2v) is 4.90. The molecule has 1 aromatic heterocycles. The lowest BCUT2D eigenvalue weighted by Crippen LogP contribution is -2.13. The lowest BCUT2D eigenvalue weighted by atomic mass is 10.1. The van der Waals surface area contributed by atoms with Gasteiger partial charge in [-0.15, -0.1) is 18.2 Å². The van der Waals surface area contributed by atoms with Crippen molar-refractivity contribution in [3.05, 3.63) is 22.9 Å². The molecule has 96 valence electrons. The average Bonchev–Trinajstić information content (AvgIpc) is 2.27. The quantitative estimate of drug-likeness (QED) is 0.609. The summed E-state index contributed by atoms with van der Waals surface area (Å²) in [4.78, 5) is 15.4. The minimum absolute atomic E-state index is 0.238. The number of hydrogen-bond donors (Lipinski definition) is 2. The fourth-order valence-electron chi connectivity index (χ4n) is 1.61. The Labute approximate surface area is 111 Å². The third-order valence-corrected chi connectivity index (χ3v) is 3.15. The molecular formula is C13H16N2O2S. The van der Waals surface area contributed by atoms with Gasteiger partial charge in [0.05, 0.1) is 5.75 Å². The SMILES string of the molecule is C#CCSCCNc1nc(C)cc(C)c1C(=O)O. The predicted octanol–water partition coefficient (Wildman–Crippen LogP) is 2.17. The number of pyridine rings is 1. The predicted molar refractivity (Wildman–Crippen MR) is 75.3 cm³/mol. The van der Waals surface area contributed by atoms with Gasteiger partial charge in [-0.25, -0.2) is 9.78 Å². The molecular weight excluding hydrogens is 248 g/mol. The Morgan fingerprint density at radius 1 is 1.61 bits per heavy atom. The number of terminal acetylenes is 1. The van der Waals surface area contributed by atoms with Crippen LogP contribution in [-0.4, -0.2) is 34.1 Å². The van der Waals surface area contributed by atoms with E-state index >= 15 is 0 Å². The zero-order chi connectivity index (χ0) is 13.5. The number of aromatic nitrogens is 1. The number of anilines is 1. The highest BCUT2D eigenvalue weighted by Crippen LogP contribution is 2.18. The Morgan fingerprint density at radius 3 is 2.94 bits per heavy atom. The second kappa shape index (κ2) is 6.92. The number of nitrogens with one attached hydrogen (secondary N) is 1. The zero-order valence-electron chi connectivity index (χ0n) is 10.5. The van der Waals surface area contributed by atoms with E-state index in [4.69, 9.17) is 11.5 Å². The van der Waals surface area contributed by atoms with Crippen LogP contribution in [0.25, 0.3) is 0 Å². The smallest absolute Gasteiger partial charge is 0.339 e. The van der Waals surface area contributed by atoms with Crippen molar-refractivity contribution in [3.63, 3.8) is 0 Å². The number of hydrogen-bond acceptors (Lipinski definition) is 4. The lowest BCUT2D eigenvalue weighted by Gasteiger charge is -2.11. The first kappa shape index (κ1) is 14.4. The monoisotopic (exact) mass is 264 g/mol. The van der Waals surface area contributed by atoms with Crippen molar-refractivity contribution in [2.45, 2.75) is 13.8 Å². The molecule has 0 unspecified atom stereocenters. The lowest BCUT2D eigenvalue weighted by molar-refractivity contribution is 0.0697. The van der Waals surface area contributed by atoms with Crippen molar-refractivity contribution in [2.75, 3.05) is 23.4 Å². The van der Waals surface area contributed by atoms with E-state index in [1.54, 1.807) is 24.8 Å². The number of aromatic carboxylic acids is 1. The van der Waals surface area contributed by atoms with Crippen molar-refractivity contribution in [1.29, 1.82) is 0 Å². The van der Waals surface area contributed by atoms with Crippen LogP contribution in [0.4, 0.5) is 5.82 Å². The number of aryl methyl sites for hydroxylation is 2. The van der Waals surface area contributed by atoms with Gasteiger partial charge in [-0.3, -0.25) is 0 Å². The Balaban J connectivity index is 2.75. The summed E-state index contributed by atoms with van der Waals surface area (Å²) in [7, 11) is 0.